The first-order valence-corrected chi connectivity index (χ1v) is 7.46. The van der Waals surface area contributed by atoms with Crippen LogP contribution in [0.1, 0.15) is 58.3 Å². The summed E-state index contributed by atoms with van der Waals surface area (Å²) >= 11 is 0. The number of carboxylic acids is 1. The van der Waals surface area contributed by atoms with Crippen molar-refractivity contribution in [2.45, 2.75) is 58.3 Å². The van der Waals surface area contributed by atoms with Gasteiger partial charge in [0.1, 0.15) is 0 Å². The van der Waals surface area contributed by atoms with E-state index >= 15 is 0 Å². The van der Waals surface area contributed by atoms with Crippen molar-refractivity contribution in [1.82, 2.24) is 4.90 Å². The first-order chi connectivity index (χ1) is 9.00. The molecule has 1 aliphatic rings. The van der Waals surface area contributed by atoms with Crippen molar-refractivity contribution in [2.75, 3.05) is 13.6 Å². The summed E-state index contributed by atoms with van der Waals surface area (Å²) in [5.74, 6) is 0.514. The Morgan fingerprint density at radius 3 is 2.47 bits per heavy atom. The Hall–Kier alpha value is -1.06. The highest BCUT2D eigenvalue weighted by Gasteiger charge is 2.23. The zero-order valence-corrected chi connectivity index (χ0v) is 12.2. The Bertz CT molecular complexity index is 298. The van der Waals surface area contributed by atoms with Gasteiger partial charge in [0.2, 0.25) is 5.91 Å². The van der Waals surface area contributed by atoms with E-state index in [1.807, 2.05) is 0 Å². The minimum absolute atomic E-state index is 0.135. The number of rotatable bonds is 7. The van der Waals surface area contributed by atoms with Crippen molar-refractivity contribution in [3.05, 3.63) is 0 Å². The molecule has 0 aromatic heterocycles. The van der Waals surface area contributed by atoms with Crippen molar-refractivity contribution in [2.24, 2.45) is 11.8 Å². The van der Waals surface area contributed by atoms with Crippen molar-refractivity contribution < 1.29 is 14.7 Å². The molecule has 1 fully saturated rings. The van der Waals surface area contributed by atoms with E-state index in [1.165, 1.54) is 32.1 Å². The van der Waals surface area contributed by atoms with Crippen molar-refractivity contribution >= 4 is 11.9 Å². The molecule has 1 atom stereocenters. The molecule has 0 radical (unpaired) electrons. The Morgan fingerprint density at radius 2 is 1.89 bits per heavy atom. The molecule has 0 saturated heterocycles. The third-order valence-corrected chi connectivity index (χ3v) is 4.26. The molecular weight excluding hydrogens is 242 g/mol. The number of hydrogen-bond donors (Lipinski definition) is 1. The molecule has 0 aliphatic heterocycles. The number of amides is 1. The van der Waals surface area contributed by atoms with Crippen LogP contribution in [0.4, 0.5) is 0 Å². The lowest BCUT2D eigenvalue weighted by atomic mass is 9.79. The zero-order valence-electron chi connectivity index (χ0n) is 12.2. The molecule has 1 aliphatic carbocycles. The van der Waals surface area contributed by atoms with E-state index in [4.69, 9.17) is 5.11 Å². The van der Waals surface area contributed by atoms with Gasteiger partial charge in [-0.05, 0) is 18.3 Å². The van der Waals surface area contributed by atoms with E-state index in [1.54, 1.807) is 11.9 Å². The van der Waals surface area contributed by atoms with Gasteiger partial charge in [-0.15, -0.1) is 0 Å². The van der Waals surface area contributed by atoms with Gasteiger partial charge in [0.25, 0.3) is 0 Å². The molecule has 0 spiro atoms. The maximum absolute atomic E-state index is 12.1. The topological polar surface area (TPSA) is 57.6 Å². The van der Waals surface area contributed by atoms with Crippen molar-refractivity contribution in [3.8, 4) is 0 Å². The van der Waals surface area contributed by atoms with Crippen LogP contribution < -0.4 is 0 Å². The van der Waals surface area contributed by atoms with Crippen LogP contribution in [0.5, 0.6) is 0 Å². The smallest absolute Gasteiger partial charge is 0.303 e. The van der Waals surface area contributed by atoms with Crippen LogP contribution in [0.2, 0.25) is 0 Å². The summed E-state index contributed by atoms with van der Waals surface area (Å²) in [6, 6.07) is 0. The molecule has 0 heterocycles. The van der Waals surface area contributed by atoms with E-state index in [2.05, 4.69) is 6.92 Å². The molecule has 1 unspecified atom stereocenters. The summed E-state index contributed by atoms with van der Waals surface area (Å²) in [6.45, 7) is 2.72. The summed E-state index contributed by atoms with van der Waals surface area (Å²) in [6.07, 6.45) is 7.75. The molecule has 0 aromatic rings. The standard InChI is InChI=1S/C15H27NO3/c1-12(13-7-4-3-5-8-13)11-14(17)16(2)10-6-9-15(18)19/h12-13H,3-11H2,1-2H3,(H,18,19). The van der Waals surface area contributed by atoms with Crippen LogP contribution in [0.3, 0.4) is 0 Å². The monoisotopic (exact) mass is 269 g/mol. The van der Waals surface area contributed by atoms with E-state index in [0.29, 0.717) is 31.2 Å². The van der Waals surface area contributed by atoms with Gasteiger partial charge >= 0.3 is 5.97 Å². The maximum Gasteiger partial charge on any atom is 0.303 e. The zero-order chi connectivity index (χ0) is 14.3. The van der Waals surface area contributed by atoms with Crippen molar-refractivity contribution in [3.63, 3.8) is 0 Å². The molecule has 110 valence electrons. The number of carbonyl (C=O) groups excluding carboxylic acids is 1. The highest BCUT2D eigenvalue weighted by molar-refractivity contribution is 5.76. The molecular formula is C15H27NO3. The highest BCUT2D eigenvalue weighted by atomic mass is 16.4. The van der Waals surface area contributed by atoms with Gasteiger partial charge in [-0.3, -0.25) is 9.59 Å². The summed E-state index contributed by atoms with van der Waals surface area (Å²) in [5, 5.41) is 8.58. The number of carbonyl (C=O) groups is 2. The fraction of sp³-hybridized carbons (Fsp3) is 0.867. The molecule has 1 amide bonds. The summed E-state index contributed by atoms with van der Waals surface area (Å²) in [4.78, 5) is 24.2. The predicted molar refractivity (Wildman–Crippen MR) is 74.9 cm³/mol. The summed E-state index contributed by atoms with van der Waals surface area (Å²) < 4.78 is 0. The minimum Gasteiger partial charge on any atom is -0.481 e. The third-order valence-electron chi connectivity index (χ3n) is 4.26. The molecule has 1 N–H and O–H groups in total. The van der Waals surface area contributed by atoms with Crippen LogP contribution in [0.15, 0.2) is 0 Å². The van der Waals surface area contributed by atoms with Crippen LogP contribution in [-0.2, 0) is 9.59 Å². The Kier molecular flexibility index (Phi) is 6.89. The van der Waals surface area contributed by atoms with Crippen LogP contribution in [0.25, 0.3) is 0 Å². The lowest BCUT2D eigenvalue weighted by Crippen LogP contribution is -2.31. The average molecular weight is 269 g/mol. The largest absolute Gasteiger partial charge is 0.481 e. The second-order valence-electron chi connectivity index (χ2n) is 5.89. The lowest BCUT2D eigenvalue weighted by Gasteiger charge is -2.28. The SMILES string of the molecule is CC(CC(=O)N(C)CCCC(=O)O)C1CCCCC1. The third kappa shape index (κ3) is 6.08. The average Bonchev–Trinajstić information content (AvgIpc) is 2.39. The Morgan fingerprint density at radius 1 is 1.26 bits per heavy atom. The fourth-order valence-corrected chi connectivity index (χ4v) is 2.89. The van der Waals surface area contributed by atoms with Gasteiger partial charge in [-0.25, -0.2) is 0 Å². The summed E-state index contributed by atoms with van der Waals surface area (Å²) in [5.41, 5.74) is 0. The highest BCUT2D eigenvalue weighted by Crippen LogP contribution is 2.31. The van der Waals surface area contributed by atoms with E-state index in [0.717, 1.165) is 0 Å². The first kappa shape index (κ1) is 16.0. The van der Waals surface area contributed by atoms with Gasteiger partial charge in [0, 0.05) is 26.4 Å². The Labute approximate surface area is 116 Å². The number of nitrogens with zero attached hydrogens (tertiary/aromatic N) is 1. The molecule has 1 saturated carbocycles. The normalized spacial score (nSPS) is 18.0. The van der Waals surface area contributed by atoms with E-state index in [-0.39, 0.29) is 12.3 Å². The first-order valence-electron chi connectivity index (χ1n) is 7.46. The molecule has 4 heteroatoms. The van der Waals surface area contributed by atoms with Crippen LogP contribution in [-0.4, -0.2) is 35.5 Å². The van der Waals surface area contributed by atoms with Gasteiger partial charge in [-0.1, -0.05) is 39.0 Å². The number of aliphatic carboxylic acids is 1. The molecule has 1 rings (SSSR count). The molecule has 19 heavy (non-hydrogen) atoms. The second kappa shape index (κ2) is 8.18. The predicted octanol–water partition coefficient (Wildman–Crippen LogP) is 2.92. The number of carboxylic acid groups (broad SMARTS) is 1. The van der Waals surface area contributed by atoms with Crippen molar-refractivity contribution in [1.29, 1.82) is 0 Å². The fourth-order valence-electron chi connectivity index (χ4n) is 2.89. The van der Waals surface area contributed by atoms with Gasteiger partial charge in [0.05, 0.1) is 0 Å². The maximum atomic E-state index is 12.1. The van der Waals surface area contributed by atoms with E-state index < -0.39 is 5.97 Å². The van der Waals surface area contributed by atoms with Gasteiger partial charge in [0.15, 0.2) is 0 Å². The molecule has 0 bridgehead atoms. The quantitative estimate of drug-likeness (QED) is 0.773. The second-order valence-corrected chi connectivity index (χ2v) is 5.89. The van der Waals surface area contributed by atoms with E-state index in [9.17, 15) is 9.59 Å². The summed E-state index contributed by atoms with van der Waals surface area (Å²) in [7, 11) is 1.78. The number of hydrogen-bond acceptors (Lipinski definition) is 2. The minimum atomic E-state index is -0.795. The van der Waals surface area contributed by atoms with Gasteiger partial charge < -0.3 is 10.0 Å². The van der Waals surface area contributed by atoms with Crippen LogP contribution in [0, 0.1) is 11.8 Å². The van der Waals surface area contributed by atoms with Gasteiger partial charge in [-0.2, -0.15) is 0 Å². The molecule has 0 aromatic carbocycles. The lowest BCUT2D eigenvalue weighted by molar-refractivity contribution is -0.138. The molecule has 4 nitrogen and oxygen atoms in total. The Balaban J connectivity index is 2.26. The van der Waals surface area contributed by atoms with Crippen LogP contribution >= 0.6 is 0 Å².